The van der Waals surface area contributed by atoms with Gasteiger partial charge in [0.2, 0.25) is 0 Å². The molecule has 0 saturated carbocycles. The number of nitrogens with zero attached hydrogens (tertiary/aromatic N) is 2. The zero-order valence-electron chi connectivity index (χ0n) is 12.4. The van der Waals surface area contributed by atoms with E-state index >= 15 is 0 Å². The maximum absolute atomic E-state index is 12.7. The summed E-state index contributed by atoms with van der Waals surface area (Å²) in [5, 5.41) is 4.12. The molecule has 114 valence electrons. The predicted octanol–water partition coefficient (Wildman–Crippen LogP) is 2.83. The van der Waals surface area contributed by atoms with Gasteiger partial charge in [-0.3, -0.25) is 9.78 Å². The number of rotatable bonds is 2. The summed E-state index contributed by atoms with van der Waals surface area (Å²) in [7, 11) is 0. The summed E-state index contributed by atoms with van der Waals surface area (Å²) < 4.78 is 0. The molecule has 0 bridgehead atoms. The Balaban J connectivity index is 1.76. The van der Waals surface area contributed by atoms with Crippen molar-refractivity contribution in [3.8, 4) is 0 Å². The second-order valence-corrected chi connectivity index (χ2v) is 5.92. The lowest BCUT2D eigenvalue weighted by molar-refractivity contribution is 0.0702. The van der Waals surface area contributed by atoms with Crippen molar-refractivity contribution < 1.29 is 4.79 Å². The minimum atomic E-state index is 0.0511. The Morgan fingerprint density at radius 3 is 3.00 bits per heavy atom. The Bertz CT molecular complexity index is 675. The first kappa shape index (κ1) is 15.0. The largest absolute Gasteiger partial charge is 0.335 e. The summed E-state index contributed by atoms with van der Waals surface area (Å²) in [6.07, 6.45) is 3.60. The first-order valence-electron chi connectivity index (χ1n) is 7.34. The lowest BCUT2D eigenvalue weighted by Gasteiger charge is -2.34. The molecule has 0 spiro atoms. The van der Waals surface area contributed by atoms with Crippen molar-refractivity contribution in [2.75, 3.05) is 19.6 Å². The molecule has 1 aliphatic rings. The maximum atomic E-state index is 12.7. The van der Waals surface area contributed by atoms with Crippen molar-refractivity contribution >= 4 is 17.5 Å². The van der Waals surface area contributed by atoms with Crippen LogP contribution in [0.1, 0.15) is 27.5 Å². The number of pyridine rings is 1. The van der Waals surface area contributed by atoms with Crippen molar-refractivity contribution in [3.05, 3.63) is 64.4 Å². The number of halogens is 1. The van der Waals surface area contributed by atoms with Crippen LogP contribution in [0.25, 0.3) is 0 Å². The summed E-state index contributed by atoms with van der Waals surface area (Å²) in [6.45, 7) is 4.04. The number of amides is 1. The number of nitrogens with one attached hydrogen (secondary N) is 1. The molecule has 3 rings (SSSR count). The predicted molar refractivity (Wildman–Crippen MR) is 87.1 cm³/mol. The molecule has 2 heterocycles. The Morgan fingerprint density at radius 2 is 2.27 bits per heavy atom. The molecule has 0 unspecified atom stereocenters. The molecular weight excluding hydrogens is 298 g/mol. The molecule has 1 atom stereocenters. The van der Waals surface area contributed by atoms with Crippen LogP contribution in [0.3, 0.4) is 0 Å². The lowest BCUT2D eigenvalue weighted by Crippen LogP contribution is -2.48. The average molecular weight is 316 g/mol. The van der Waals surface area contributed by atoms with Crippen LogP contribution < -0.4 is 5.32 Å². The number of hydrogen-bond acceptors (Lipinski definition) is 3. The van der Waals surface area contributed by atoms with Gasteiger partial charge < -0.3 is 10.2 Å². The molecule has 1 N–H and O–H groups in total. The average Bonchev–Trinajstić information content (AvgIpc) is 2.57. The minimum absolute atomic E-state index is 0.0511. The number of aryl methyl sites for hydroxylation is 1. The molecule has 5 heteroatoms. The highest BCUT2D eigenvalue weighted by Gasteiger charge is 2.25. The van der Waals surface area contributed by atoms with Crippen molar-refractivity contribution in [3.63, 3.8) is 0 Å². The molecule has 1 amide bonds. The van der Waals surface area contributed by atoms with Gasteiger partial charge >= 0.3 is 0 Å². The van der Waals surface area contributed by atoms with E-state index in [0.717, 1.165) is 17.7 Å². The minimum Gasteiger partial charge on any atom is -0.335 e. The van der Waals surface area contributed by atoms with Crippen molar-refractivity contribution in [2.24, 2.45) is 0 Å². The van der Waals surface area contributed by atoms with Gasteiger partial charge in [0.25, 0.3) is 5.91 Å². The van der Waals surface area contributed by atoms with Crippen LogP contribution in [0, 0.1) is 6.92 Å². The Kier molecular flexibility index (Phi) is 4.41. The fraction of sp³-hybridized carbons (Fsp3) is 0.294. The molecular formula is C17H18ClN3O. The quantitative estimate of drug-likeness (QED) is 0.927. The highest BCUT2D eigenvalue weighted by atomic mass is 35.5. The number of aromatic nitrogens is 1. The van der Waals surface area contributed by atoms with Gasteiger partial charge in [-0.15, -0.1) is 0 Å². The van der Waals surface area contributed by atoms with Gasteiger partial charge in [0, 0.05) is 42.6 Å². The van der Waals surface area contributed by atoms with Crippen molar-refractivity contribution in [1.82, 2.24) is 15.2 Å². The second-order valence-electron chi connectivity index (χ2n) is 5.51. The number of carbonyl (C=O) groups is 1. The van der Waals surface area contributed by atoms with Crippen LogP contribution in [-0.4, -0.2) is 35.4 Å². The first-order chi connectivity index (χ1) is 10.6. The molecule has 0 aliphatic carbocycles. The third kappa shape index (κ3) is 3.13. The SMILES string of the molecule is Cc1cc(C(=O)N2CCN[C@H](c3cccnc3)C2)ccc1Cl. The summed E-state index contributed by atoms with van der Waals surface area (Å²) in [4.78, 5) is 18.7. The van der Waals surface area contributed by atoms with Gasteiger partial charge in [-0.25, -0.2) is 0 Å². The number of hydrogen-bond donors (Lipinski definition) is 1. The maximum Gasteiger partial charge on any atom is 0.253 e. The standard InChI is InChI=1S/C17H18ClN3O/c1-12-9-13(4-5-15(12)18)17(22)21-8-7-20-16(11-21)14-3-2-6-19-10-14/h2-6,9-10,16,20H,7-8,11H2,1H3/t16-/m0/s1. The third-order valence-electron chi connectivity index (χ3n) is 3.95. The second kappa shape index (κ2) is 6.46. The van der Waals surface area contributed by atoms with Crippen LogP contribution in [0.2, 0.25) is 5.02 Å². The normalized spacial score (nSPS) is 18.3. The zero-order valence-corrected chi connectivity index (χ0v) is 13.2. The summed E-state index contributed by atoms with van der Waals surface area (Å²) >= 11 is 6.03. The molecule has 1 aliphatic heterocycles. The van der Waals surface area contributed by atoms with Gasteiger partial charge in [-0.1, -0.05) is 17.7 Å². The highest BCUT2D eigenvalue weighted by Crippen LogP contribution is 2.20. The number of carbonyl (C=O) groups excluding carboxylic acids is 1. The lowest BCUT2D eigenvalue weighted by atomic mass is 10.1. The zero-order chi connectivity index (χ0) is 15.5. The Morgan fingerprint density at radius 1 is 1.41 bits per heavy atom. The summed E-state index contributed by atoms with van der Waals surface area (Å²) in [5.41, 5.74) is 2.72. The van der Waals surface area contributed by atoms with Crippen molar-refractivity contribution in [1.29, 1.82) is 0 Å². The molecule has 1 saturated heterocycles. The Labute approximate surface area is 135 Å². The van der Waals surface area contributed by atoms with Gasteiger partial charge in [0.15, 0.2) is 0 Å². The Hall–Kier alpha value is -1.91. The van der Waals surface area contributed by atoms with Crippen LogP contribution in [0.15, 0.2) is 42.7 Å². The number of benzene rings is 1. The van der Waals surface area contributed by atoms with Gasteiger partial charge in [-0.2, -0.15) is 0 Å². The van der Waals surface area contributed by atoms with Gasteiger partial charge in [0.05, 0.1) is 6.04 Å². The van der Waals surface area contributed by atoms with Crippen LogP contribution in [-0.2, 0) is 0 Å². The molecule has 22 heavy (non-hydrogen) atoms. The fourth-order valence-electron chi connectivity index (χ4n) is 2.70. The van der Waals surface area contributed by atoms with E-state index in [2.05, 4.69) is 10.3 Å². The number of piperazine rings is 1. The van der Waals surface area contributed by atoms with E-state index in [4.69, 9.17) is 11.6 Å². The van der Waals surface area contributed by atoms with E-state index in [9.17, 15) is 4.79 Å². The van der Waals surface area contributed by atoms with Crippen LogP contribution >= 0.6 is 11.6 Å². The van der Waals surface area contributed by atoms with E-state index in [1.807, 2.05) is 36.2 Å². The third-order valence-corrected chi connectivity index (χ3v) is 4.38. The van der Waals surface area contributed by atoms with E-state index in [1.54, 1.807) is 18.3 Å². The monoisotopic (exact) mass is 315 g/mol. The molecule has 0 radical (unpaired) electrons. The highest BCUT2D eigenvalue weighted by molar-refractivity contribution is 6.31. The summed E-state index contributed by atoms with van der Waals surface area (Å²) in [6, 6.07) is 9.50. The first-order valence-corrected chi connectivity index (χ1v) is 7.71. The molecule has 1 fully saturated rings. The van der Waals surface area contributed by atoms with Crippen LogP contribution in [0.4, 0.5) is 0 Å². The smallest absolute Gasteiger partial charge is 0.253 e. The van der Waals surface area contributed by atoms with Gasteiger partial charge in [0.1, 0.15) is 0 Å². The van der Waals surface area contributed by atoms with E-state index in [1.165, 1.54) is 0 Å². The van der Waals surface area contributed by atoms with Crippen LogP contribution in [0.5, 0.6) is 0 Å². The van der Waals surface area contributed by atoms with Gasteiger partial charge in [-0.05, 0) is 42.3 Å². The topological polar surface area (TPSA) is 45.2 Å². The van der Waals surface area contributed by atoms with E-state index in [0.29, 0.717) is 23.7 Å². The molecule has 4 nitrogen and oxygen atoms in total. The van der Waals surface area contributed by atoms with Crippen molar-refractivity contribution in [2.45, 2.75) is 13.0 Å². The summed E-state index contributed by atoms with van der Waals surface area (Å²) in [5.74, 6) is 0.0511. The molecule has 1 aromatic carbocycles. The fourth-order valence-corrected chi connectivity index (χ4v) is 2.82. The van der Waals surface area contributed by atoms with E-state index in [-0.39, 0.29) is 11.9 Å². The molecule has 2 aromatic rings. The van der Waals surface area contributed by atoms with E-state index < -0.39 is 0 Å². The molecule has 1 aromatic heterocycles.